The molecule has 0 saturated carbocycles. The fourth-order valence-electron chi connectivity index (χ4n) is 1.47. The Kier molecular flexibility index (Phi) is 4.22. The summed E-state index contributed by atoms with van der Waals surface area (Å²) in [4.78, 5) is 2.10. The van der Waals surface area contributed by atoms with Gasteiger partial charge in [0.15, 0.2) is 5.82 Å². The van der Waals surface area contributed by atoms with Crippen molar-refractivity contribution in [2.75, 3.05) is 11.4 Å². The highest BCUT2D eigenvalue weighted by Gasteiger charge is 2.12. The van der Waals surface area contributed by atoms with Crippen molar-refractivity contribution in [3.63, 3.8) is 0 Å². The van der Waals surface area contributed by atoms with Gasteiger partial charge in [-0.15, -0.1) is 5.10 Å². The number of hydrogen-bond acceptors (Lipinski definition) is 4. The van der Waals surface area contributed by atoms with Gasteiger partial charge in [0.1, 0.15) is 0 Å². The minimum atomic E-state index is 0.200. The van der Waals surface area contributed by atoms with E-state index in [0.717, 1.165) is 11.4 Å². The molecule has 0 aromatic carbocycles. The Bertz CT molecular complexity index is 361. The van der Waals surface area contributed by atoms with E-state index in [1.807, 2.05) is 13.0 Å². The van der Waals surface area contributed by atoms with Gasteiger partial charge >= 0.3 is 0 Å². The molecule has 3 N–H and O–H groups in total. The minimum absolute atomic E-state index is 0.200. The first-order chi connectivity index (χ1) is 7.50. The number of anilines is 1. The monoisotopic (exact) mass is 221 g/mol. The summed E-state index contributed by atoms with van der Waals surface area (Å²) in [5.41, 5.74) is 6.45. The van der Waals surface area contributed by atoms with Crippen LogP contribution < -0.4 is 10.6 Å². The molecule has 5 heteroatoms. The Labute approximate surface area is 96.2 Å². The molecule has 0 radical (unpaired) electrons. The van der Waals surface area contributed by atoms with Crippen LogP contribution in [0.4, 0.5) is 5.82 Å². The van der Waals surface area contributed by atoms with Gasteiger partial charge in [0, 0.05) is 19.0 Å². The molecule has 16 heavy (non-hydrogen) atoms. The molecule has 1 heterocycles. The van der Waals surface area contributed by atoms with E-state index in [2.05, 4.69) is 28.9 Å². The molecular weight excluding hydrogens is 202 g/mol. The van der Waals surface area contributed by atoms with E-state index in [-0.39, 0.29) is 5.84 Å². The summed E-state index contributed by atoms with van der Waals surface area (Å²) in [6.45, 7) is 6.86. The zero-order valence-corrected chi connectivity index (χ0v) is 10.1. The van der Waals surface area contributed by atoms with Gasteiger partial charge in [0.2, 0.25) is 0 Å². The van der Waals surface area contributed by atoms with E-state index >= 15 is 0 Å². The van der Waals surface area contributed by atoms with Crippen LogP contribution in [0.5, 0.6) is 0 Å². The highest BCUT2D eigenvalue weighted by Crippen LogP contribution is 2.14. The van der Waals surface area contributed by atoms with E-state index in [0.29, 0.717) is 19.0 Å². The van der Waals surface area contributed by atoms with Gasteiger partial charge in [0.25, 0.3) is 0 Å². The highest BCUT2D eigenvalue weighted by molar-refractivity contribution is 5.77. The molecule has 88 valence electrons. The topological polar surface area (TPSA) is 78.9 Å². The van der Waals surface area contributed by atoms with Gasteiger partial charge in [-0.3, -0.25) is 5.41 Å². The summed E-state index contributed by atoms with van der Waals surface area (Å²) in [6.07, 6.45) is 2.28. The van der Waals surface area contributed by atoms with Crippen molar-refractivity contribution >= 4 is 11.7 Å². The maximum Gasteiger partial charge on any atom is 0.151 e. The Morgan fingerprint density at radius 3 is 2.75 bits per heavy atom. The quantitative estimate of drug-likeness (QED) is 0.580. The van der Waals surface area contributed by atoms with E-state index < -0.39 is 0 Å². The van der Waals surface area contributed by atoms with Gasteiger partial charge in [0.05, 0.1) is 12.0 Å². The molecule has 0 spiro atoms. The molecule has 0 aliphatic carbocycles. The van der Waals surface area contributed by atoms with Crippen LogP contribution in [0, 0.1) is 12.3 Å². The number of nitrogens with zero attached hydrogens (tertiary/aromatic N) is 3. The van der Waals surface area contributed by atoms with Crippen LogP contribution in [0.1, 0.15) is 25.8 Å². The minimum Gasteiger partial charge on any atom is -0.388 e. The molecule has 0 bridgehead atoms. The number of rotatable bonds is 5. The Morgan fingerprint density at radius 2 is 2.25 bits per heavy atom. The van der Waals surface area contributed by atoms with Crippen LogP contribution in [-0.4, -0.2) is 28.6 Å². The molecule has 1 rings (SSSR count). The summed E-state index contributed by atoms with van der Waals surface area (Å²) in [5.74, 6) is 1.04. The zero-order chi connectivity index (χ0) is 12.1. The largest absolute Gasteiger partial charge is 0.388 e. The van der Waals surface area contributed by atoms with Crippen molar-refractivity contribution < 1.29 is 0 Å². The molecule has 1 aromatic heterocycles. The summed E-state index contributed by atoms with van der Waals surface area (Å²) >= 11 is 0. The maximum atomic E-state index is 7.25. The first kappa shape index (κ1) is 12.4. The third-order valence-corrected chi connectivity index (χ3v) is 2.32. The number of nitrogens with one attached hydrogen (secondary N) is 1. The number of hydrogen-bond donors (Lipinski definition) is 2. The van der Waals surface area contributed by atoms with Crippen LogP contribution in [0.3, 0.4) is 0 Å². The predicted octanol–water partition coefficient (Wildman–Crippen LogP) is 1.33. The molecule has 0 aliphatic heterocycles. The lowest BCUT2D eigenvalue weighted by molar-refractivity contribution is 0.672. The Balaban J connectivity index is 2.81. The molecule has 0 atom stereocenters. The smallest absolute Gasteiger partial charge is 0.151 e. The van der Waals surface area contributed by atoms with E-state index in [1.54, 1.807) is 6.20 Å². The van der Waals surface area contributed by atoms with Crippen molar-refractivity contribution in [3.05, 3.63) is 17.8 Å². The fraction of sp³-hybridized carbons (Fsp3) is 0.545. The lowest BCUT2D eigenvalue weighted by Crippen LogP contribution is -2.34. The van der Waals surface area contributed by atoms with Crippen LogP contribution in [0.25, 0.3) is 0 Å². The van der Waals surface area contributed by atoms with E-state index in [4.69, 9.17) is 11.1 Å². The number of nitrogens with two attached hydrogens (primary N) is 1. The molecule has 0 aliphatic rings. The third kappa shape index (κ3) is 3.49. The number of aryl methyl sites for hydroxylation is 1. The second-order valence-corrected chi connectivity index (χ2v) is 4.15. The van der Waals surface area contributed by atoms with Crippen LogP contribution in [0.15, 0.2) is 12.3 Å². The molecule has 0 unspecified atom stereocenters. The van der Waals surface area contributed by atoms with Gasteiger partial charge in [-0.1, -0.05) is 0 Å². The second-order valence-electron chi connectivity index (χ2n) is 4.15. The van der Waals surface area contributed by atoms with Gasteiger partial charge < -0.3 is 10.6 Å². The van der Waals surface area contributed by atoms with Crippen molar-refractivity contribution in [1.82, 2.24) is 10.2 Å². The highest BCUT2D eigenvalue weighted by atomic mass is 15.3. The van der Waals surface area contributed by atoms with Crippen molar-refractivity contribution in [3.8, 4) is 0 Å². The third-order valence-electron chi connectivity index (χ3n) is 2.32. The van der Waals surface area contributed by atoms with Crippen LogP contribution in [-0.2, 0) is 0 Å². The summed E-state index contributed by atoms with van der Waals surface area (Å²) in [7, 11) is 0. The molecule has 0 fully saturated rings. The molecule has 1 aromatic rings. The van der Waals surface area contributed by atoms with Crippen LogP contribution in [0.2, 0.25) is 0 Å². The predicted molar refractivity (Wildman–Crippen MR) is 65.8 cm³/mol. The first-order valence-electron chi connectivity index (χ1n) is 5.39. The average molecular weight is 221 g/mol. The first-order valence-corrected chi connectivity index (χ1v) is 5.39. The van der Waals surface area contributed by atoms with E-state index in [9.17, 15) is 0 Å². The van der Waals surface area contributed by atoms with Gasteiger partial charge in [-0.05, 0) is 32.4 Å². The molecule has 0 amide bonds. The lowest BCUT2D eigenvalue weighted by atomic mass is 10.2. The van der Waals surface area contributed by atoms with Gasteiger partial charge in [-0.25, -0.2) is 0 Å². The second kappa shape index (κ2) is 5.44. The van der Waals surface area contributed by atoms with Gasteiger partial charge in [-0.2, -0.15) is 5.10 Å². The number of amidine groups is 1. The Hall–Kier alpha value is -1.65. The van der Waals surface area contributed by atoms with Crippen molar-refractivity contribution in [2.45, 2.75) is 33.2 Å². The molecule has 0 saturated heterocycles. The molecular formula is C11H19N5. The summed E-state index contributed by atoms with van der Waals surface area (Å²) in [6, 6.07) is 2.31. The van der Waals surface area contributed by atoms with Crippen LogP contribution >= 0.6 is 0 Å². The molecule has 5 nitrogen and oxygen atoms in total. The Morgan fingerprint density at radius 1 is 1.56 bits per heavy atom. The average Bonchev–Trinajstić information content (AvgIpc) is 2.17. The fourth-order valence-corrected chi connectivity index (χ4v) is 1.47. The zero-order valence-electron chi connectivity index (χ0n) is 10.1. The maximum absolute atomic E-state index is 7.25. The summed E-state index contributed by atoms with van der Waals surface area (Å²) < 4.78 is 0. The normalized spacial score (nSPS) is 10.5. The lowest BCUT2D eigenvalue weighted by Gasteiger charge is -2.27. The van der Waals surface area contributed by atoms with Crippen molar-refractivity contribution in [2.24, 2.45) is 5.73 Å². The SMILES string of the molecule is Cc1cnnc(N(CCC(=N)N)C(C)C)c1. The standard InChI is InChI=1S/C11H19N5/c1-8(2)16(5-4-10(12)13)11-6-9(3)7-14-15-11/h6-8H,4-5H2,1-3H3,(H3,12,13). The summed E-state index contributed by atoms with van der Waals surface area (Å²) in [5, 5.41) is 15.3. The van der Waals surface area contributed by atoms with E-state index in [1.165, 1.54) is 0 Å². The van der Waals surface area contributed by atoms with Crippen molar-refractivity contribution in [1.29, 1.82) is 5.41 Å². The number of aromatic nitrogens is 2.